The van der Waals surface area contributed by atoms with Gasteiger partial charge < -0.3 is 9.13 Å². The topological polar surface area (TPSA) is 85.9 Å². The van der Waals surface area contributed by atoms with Crippen molar-refractivity contribution in [2.75, 3.05) is 13.1 Å². The molecule has 0 amide bonds. The van der Waals surface area contributed by atoms with Crippen LogP contribution in [0.15, 0.2) is 54.2 Å². The van der Waals surface area contributed by atoms with Crippen molar-refractivity contribution in [1.82, 2.24) is 28.6 Å². The van der Waals surface area contributed by atoms with Crippen LogP contribution in [-0.2, 0) is 30.0 Å². The quantitative estimate of drug-likeness (QED) is 0.629. The molecule has 8 nitrogen and oxygen atoms in total. The summed E-state index contributed by atoms with van der Waals surface area (Å²) in [5, 5.41) is 8.47. The summed E-state index contributed by atoms with van der Waals surface area (Å²) in [7, 11) is -1.78. The van der Waals surface area contributed by atoms with Crippen LogP contribution in [0.2, 0.25) is 0 Å². The predicted molar refractivity (Wildman–Crippen MR) is 104 cm³/mol. The smallest absolute Gasteiger partial charge is 0.262 e. The third-order valence-electron chi connectivity index (χ3n) is 5.13. The van der Waals surface area contributed by atoms with Crippen molar-refractivity contribution in [3.05, 3.63) is 60.6 Å². The molecule has 0 aliphatic carbocycles. The number of hydrogen-bond donors (Lipinski definition) is 0. The second-order valence-corrected chi connectivity index (χ2v) is 9.20. The van der Waals surface area contributed by atoms with Crippen molar-refractivity contribution >= 4 is 10.0 Å². The number of benzene rings is 1. The van der Waals surface area contributed by atoms with Crippen LogP contribution in [0.25, 0.3) is 0 Å². The fraction of sp³-hybridized carbons (Fsp3) is 0.421. The van der Waals surface area contributed by atoms with Gasteiger partial charge in [0, 0.05) is 32.8 Å². The van der Waals surface area contributed by atoms with Crippen molar-refractivity contribution in [3.63, 3.8) is 0 Å². The lowest BCUT2D eigenvalue weighted by Gasteiger charge is -2.31. The lowest BCUT2D eigenvalue weighted by Crippen LogP contribution is -2.40. The molecule has 1 saturated heterocycles. The molecule has 9 heteroatoms. The summed E-state index contributed by atoms with van der Waals surface area (Å²) >= 11 is 0. The number of rotatable bonds is 6. The van der Waals surface area contributed by atoms with E-state index >= 15 is 0 Å². The van der Waals surface area contributed by atoms with E-state index in [9.17, 15) is 8.42 Å². The van der Waals surface area contributed by atoms with E-state index in [1.165, 1.54) is 11.9 Å². The van der Waals surface area contributed by atoms with Gasteiger partial charge in [-0.1, -0.05) is 30.3 Å². The molecular formula is C19H24N6O2S. The Morgan fingerprint density at radius 2 is 2.00 bits per heavy atom. The van der Waals surface area contributed by atoms with E-state index in [2.05, 4.69) is 27.3 Å². The van der Waals surface area contributed by atoms with Crippen molar-refractivity contribution in [1.29, 1.82) is 0 Å². The zero-order chi connectivity index (χ0) is 19.6. The summed E-state index contributed by atoms with van der Waals surface area (Å²) in [6.45, 7) is 1.73. The van der Waals surface area contributed by atoms with Gasteiger partial charge in [0.15, 0.2) is 5.03 Å². The zero-order valence-corrected chi connectivity index (χ0v) is 16.7. The molecule has 0 N–H and O–H groups in total. The molecule has 1 unspecified atom stereocenters. The minimum absolute atomic E-state index is 0.114. The average molecular weight is 401 g/mol. The predicted octanol–water partition coefficient (Wildman–Crippen LogP) is 1.70. The van der Waals surface area contributed by atoms with Crippen LogP contribution in [-0.4, -0.2) is 50.1 Å². The highest BCUT2D eigenvalue weighted by atomic mass is 32.2. The van der Waals surface area contributed by atoms with Gasteiger partial charge in [0.2, 0.25) is 0 Å². The summed E-state index contributed by atoms with van der Waals surface area (Å²) < 4.78 is 31.0. The fourth-order valence-corrected chi connectivity index (χ4v) is 5.19. The number of nitrogens with zero attached hydrogens (tertiary/aromatic N) is 6. The van der Waals surface area contributed by atoms with E-state index < -0.39 is 10.0 Å². The first-order valence-corrected chi connectivity index (χ1v) is 10.8. The number of aromatic nitrogens is 5. The monoisotopic (exact) mass is 400 g/mol. The SMILES string of the molecule is Cn1cnc(S(=O)(=O)N2CCCC(Cc3nncn3Cc3ccccc3)C2)c1. The molecule has 3 aromatic rings. The van der Waals surface area contributed by atoms with Gasteiger partial charge in [-0.25, -0.2) is 13.4 Å². The van der Waals surface area contributed by atoms with Crippen molar-refractivity contribution in [2.45, 2.75) is 30.8 Å². The Hall–Kier alpha value is -2.52. The van der Waals surface area contributed by atoms with E-state index in [4.69, 9.17) is 0 Å². The van der Waals surface area contributed by atoms with Gasteiger partial charge in [-0.2, -0.15) is 4.31 Å². The van der Waals surface area contributed by atoms with E-state index in [0.29, 0.717) is 26.1 Å². The Labute approximate surface area is 164 Å². The van der Waals surface area contributed by atoms with Gasteiger partial charge in [-0.3, -0.25) is 0 Å². The molecule has 0 spiro atoms. The highest BCUT2D eigenvalue weighted by molar-refractivity contribution is 7.89. The van der Waals surface area contributed by atoms with E-state index in [0.717, 1.165) is 18.7 Å². The highest BCUT2D eigenvalue weighted by Gasteiger charge is 2.32. The fourth-order valence-electron chi connectivity index (χ4n) is 3.67. The minimum atomic E-state index is -3.55. The van der Waals surface area contributed by atoms with Crippen LogP contribution in [0.3, 0.4) is 0 Å². The number of aryl methyl sites for hydroxylation is 1. The number of piperidine rings is 1. The van der Waals surface area contributed by atoms with Gasteiger partial charge in [0.05, 0.1) is 12.9 Å². The Balaban J connectivity index is 1.46. The van der Waals surface area contributed by atoms with Crippen LogP contribution in [0.5, 0.6) is 0 Å². The van der Waals surface area contributed by atoms with Crippen LogP contribution in [0, 0.1) is 5.92 Å². The first-order chi connectivity index (χ1) is 13.5. The molecule has 0 bridgehead atoms. The first kappa shape index (κ1) is 18.8. The number of imidazole rings is 1. The largest absolute Gasteiger partial charge is 0.339 e. The molecule has 1 fully saturated rings. The summed E-state index contributed by atoms with van der Waals surface area (Å²) in [6.07, 6.45) is 7.33. The molecule has 148 valence electrons. The van der Waals surface area contributed by atoms with E-state index in [1.54, 1.807) is 28.4 Å². The number of hydrogen-bond acceptors (Lipinski definition) is 5. The zero-order valence-electron chi connectivity index (χ0n) is 15.8. The number of sulfonamides is 1. The van der Waals surface area contributed by atoms with Gasteiger partial charge in [-0.15, -0.1) is 10.2 Å². The van der Waals surface area contributed by atoms with Crippen LogP contribution in [0.1, 0.15) is 24.2 Å². The average Bonchev–Trinajstić information content (AvgIpc) is 3.32. The maximum absolute atomic E-state index is 12.9. The molecule has 0 radical (unpaired) electrons. The van der Waals surface area contributed by atoms with Crippen LogP contribution >= 0.6 is 0 Å². The molecule has 1 aliphatic heterocycles. The molecule has 4 rings (SSSR count). The van der Waals surface area contributed by atoms with Gasteiger partial charge in [0.25, 0.3) is 10.0 Å². The second-order valence-electron chi connectivity index (χ2n) is 7.31. The third kappa shape index (κ3) is 4.00. The van der Waals surface area contributed by atoms with Crippen molar-refractivity contribution in [2.24, 2.45) is 13.0 Å². The summed E-state index contributed by atoms with van der Waals surface area (Å²) in [5.74, 6) is 1.11. The molecule has 3 heterocycles. The minimum Gasteiger partial charge on any atom is -0.339 e. The lowest BCUT2D eigenvalue weighted by molar-refractivity contribution is 0.261. The summed E-state index contributed by atoms with van der Waals surface area (Å²) in [4.78, 5) is 4.03. The molecule has 2 aromatic heterocycles. The van der Waals surface area contributed by atoms with E-state index in [-0.39, 0.29) is 10.9 Å². The third-order valence-corrected chi connectivity index (χ3v) is 6.88. The Morgan fingerprint density at radius 1 is 1.18 bits per heavy atom. The highest BCUT2D eigenvalue weighted by Crippen LogP contribution is 2.25. The van der Waals surface area contributed by atoms with Gasteiger partial charge >= 0.3 is 0 Å². The van der Waals surface area contributed by atoms with Gasteiger partial charge in [0.1, 0.15) is 12.2 Å². The van der Waals surface area contributed by atoms with Crippen molar-refractivity contribution in [3.8, 4) is 0 Å². The maximum Gasteiger partial charge on any atom is 0.262 e. The Kier molecular flexibility index (Phi) is 5.27. The lowest BCUT2D eigenvalue weighted by atomic mass is 9.96. The summed E-state index contributed by atoms with van der Waals surface area (Å²) in [6, 6.07) is 10.2. The van der Waals surface area contributed by atoms with Crippen LogP contribution < -0.4 is 0 Å². The second kappa shape index (κ2) is 7.84. The molecular weight excluding hydrogens is 376 g/mol. The molecule has 1 atom stereocenters. The first-order valence-electron chi connectivity index (χ1n) is 9.41. The molecule has 1 aliphatic rings. The standard InChI is InChI=1S/C19H24N6O2S/c1-23-13-19(20-14-23)28(26,27)25-9-5-8-17(12-25)10-18-22-21-15-24(18)11-16-6-3-2-4-7-16/h2-4,6-7,13-15,17H,5,8-12H2,1H3. The maximum atomic E-state index is 12.9. The normalized spacial score (nSPS) is 18.4. The molecule has 1 aromatic carbocycles. The van der Waals surface area contributed by atoms with Crippen LogP contribution in [0.4, 0.5) is 0 Å². The van der Waals surface area contributed by atoms with Gasteiger partial charge in [-0.05, 0) is 24.3 Å². The van der Waals surface area contributed by atoms with Crippen molar-refractivity contribution < 1.29 is 8.42 Å². The Morgan fingerprint density at radius 3 is 2.75 bits per heavy atom. The molecule has 28 heavy (non-hydrogen) atoms. The summed E-state index contributed by atoms with van der Waals surface area (Å²) in [5.41, 5.74) is 1.19. The Bertz CT molecular complexity index is 1030. The molecule has 0 saturated carbocycles. The van der Waals surface area contributed by atoms with E-state index in [1.807, 2.05) is 22.8 Å².